The number of carbonyl (C=O) groups is 2. The summed E-state index contributed by atoms with van der Waals surface area (Å²) in [4.78, 5) is 25.7. The van der Waals surface area contributed by atoms with Gasteiger partial charge in [-0.05, 0) is 37.3 Å². The molecular formula is C24H26N2O4S. The molecule has 1 aromatic heterocycles. The zero-order valence-electron chi connectivity index (χ0n) is 17.6. The fraction of sp³-hybridized carbons (Fsp3) is 0.250. The number of rotatable bonds is 10. The Kier molecular flexibility index (Phi) is 8.06. The van der Waals surface area contributed by atoms with E-state index in [1.165, 1.54) is 11.3 Å². The number of thiophene rings is 1. The summed E-state index contributed by atoms with van der Waals surface area (Å²) < 4.78 is 11.4. The number of anilines is 2. The van der Waals surface area contributed by atoms with Crippen molar-refractivity contribution in [1.29, 1.82) is 0 Å². The number of benzene rings is 2. The van der Waals surface area contributed by atoms with Crippen LogP contribution < -0.4 is 20.1 Å². The molecule has 0 saturated heterocycles. The van der Waals surface area contributed by atoms with E-state index in [0.29, 0.717) is 53.8 Å². The lowest BCUT2D eigenvalue weighted by Crippen LogP contribution is -2.15. The molecule has 2 aromatic carbocycles. The van der Waals surface area contributed by atoms with Gasteiger partial charge in [-0.15, -0.1) is 11.3 Å². The molecule has 0 aliphatic heterocycles. The van der Waals surface area contributed by atoms with Gasteiger partial charge in [0.2, 0.25) is 5.91 Å². The maximum absolute atomic E-state index is 12.6. The summed E-state index contributed by atoms with van der Waals surface area (Å²) in [5.41, 5.74) is 2.10. The second-order valence-corrected chi connectivity index (χ2v) is 7.62. The molecule has 0 bridgehead atoms. The molecule has 0 atom stereocenters. The first kappa shape index (κ1) is 22.4. The molecule has 6 nitrogen and oxygen atoms in total. The second kappa shape index (κ2) is 11.2. The van der Waals surface area contributed by atoms with Crippen molar-refractivity contribution in [2.45, 2.75) is 26.7 Å². The maximum Gasteiger partial charge on any atom is 0.265 e. The first-order chi connectivity index (χ1) is 15.1. The molecule has 0 aliphatic rings. The molecule has 162 valence electrons. The molecule has 0 aliphatic carbocycles. The average molecular weight is 439 g/mol. The summed E-state index contributed by atoms with van der Waals surface area (Å²) in [5, 5.41) is 7.64. The fourth-order valence-corrected chi connectivity index (χ4v) is 3.63. The standard InChI is InChI=1S/C24H26N2O4S/c1-3-29-20-16-19(26-24(28)22-11-8-14-31-22)21(30-4-2)15-18(20)25-23(27)13-12-17-9-6-5-7-10-17/h5-11,14-16H,3-4,12-13H2,1-2H3,(H,25,27)(H,26,28). The third-order valence-corrected chi connectivity index (χ3v) is 5.30. The van der Waals surface area contributed by atoms with Crippen LogP contribution in [0.1, 0.15) is 35.5 Å². The molecule has 0 unspecified atom stereocenters. The summed E-state index contributed by atoms with van der Waals surface area (Å²) in [5.74, 6) is 0.593. The highest BCUT2D eigenvalue weighted by Crippen LogP contribution is 2.37. The smallest absolute Gasteiger partial charge is 0.265 e. The monoisotopic (exact) mass is 438 g/mol. The van der Waals surface area contributed by atoms with Gasteiger partial charge in [-0.1, -0.05) is 36.4 Å². The summed E-state index contributed by atoms with van der Waals surface area (Å²) in [6.45, 7) is 4.55. The number of hydrogen-bond donors (Lipinski definition) is 2. The Morgan fingerprint density at radius 2 is 1.52 bits per heavy atom. The normalized spacial score (nSPS) is 10.4. The Morgan fingerprint density at radius 3 is 2.10 bits per heavy atom. The Morgan fingerprint density at radius 1 is 0.871 bits per heavy atom. The van der Waals surface area contributed by atoms with E-state index in [2.05, 4.69) is 10.6 Å². The van der Waals surface area contributed by atoms with Crippen LogP contribution in [0.5, 0.6) is 11.5 Å². The minimum atomic E-state index is -0.224. The molecule has 7 heteroatoms. The van der Waals surface area contributed by atoms with Crippen molar-refractivity contribution in [3.63, 3.8) is 0 Å². The van der Waals surface area contributed by atoms with Gasteiger partial charge >= 0.3 is 0 Å². The van der Waals surface area contributed by atoms with Crippen molar-refractivity contribution in [2.24, 2.45) is 0 Å². The predicted molar refractivity (Wildman–Crippen MR) is 124 cm³/mol. The number of amides is 2. The van der Waals surface area contributed by atoms with Gasteiger partial charge in [-0.25, -0.2) is 0 Å². The van der Waals surface area contributed by atoms with E-state index in [1.54, 1.807) is 18.2 Å². The van der Waals surface area contributed by atoms with Crippen molar-refractivity contribution in [2.75, 3.05) is 23.8 Å². The number of carbonyl (C=O) groups excluding carboxylic acids is 2. The van der Waals surface area contributed by atoms with E-state index in [-0.39, 0.29) is 11.8 Å². The highest BCUT2D eigenvalue weighted by molar-refractivity contribution is 7.12. The van der Waals surface area contributed by atoms with Crippen LogP contribution in [0.25, 0.3) is 0 Å². The SMILES string of the molecule is CCOc1cc(NC(=O)c2cccs2)c(OCC)cc1NC(=O)CCc1ccccc1. The lowest BCUT2D eigenvalue weighted by molar-refractivity contribution is -0.116. The van der Waals surface area contributed by atoms with E-state index in [0.717, 1.165) is 5.56 Å². The molecule has 2 amide bonds. The van der Waals surface area contributed by atoms with Gasteiger partial charge in [0.25, 0.3) is 5.91 Å². The Balaban J connectivity index is 1.79. The predicted octanol–water partition coefficient (Wildman–Crippen LogP) is 5.37. The highest BCUT2D eigenvalue weighted by atomic mass is 32.1. The topological polar surface area (TPSA) is 76.7 Å². The van der Waals surface area contributed by atoms with Crippen molar-refractivity contribution in [1.82, 2.24) is 0 Å². The number of aryl methyl sites for hydroxylation is 1. The van der Waals surface area contributed by atoms with Crippen LogP contribution in [0.2, 0.25) is 0 Å². The number of nitrogens with one attached hydrogen (secondary N) is 2. The molecule has 3 aromatic rings. The minimum Gasteiger partial charge on any atom is -0.492 e. The van der Waals surface area contributed by atoms with Crippen molar-refractivity contribution in [3.8, 4) is 11.5 Å². The van der Waals surface area contributed by atoms with Crippen molar-refractivity contribution in [3.05, 3.63) is 70.4 Å². The molecule has 1 heterocycles. The highest BCUT2D eigenvalue weighted by Gasteiger charge is 2.17. The van der Waals surface area contributed by atoms with Crippen LogP contribution in [0.3, 0.4) is 0 Å². The van der Waals surface area contributed by atoms with Crippen LogP contribution in [0, 0.1) is 0 Å². The lowest BCUT2D eigenvalue weighted by atomic mass is 10.1. The first-order valence-electron chi connectivity index (χ1n) is 10.2. The quantitative estimate of drug-likeness (QED) is 0.446. The maximum atomic E-state index is 12.6. The zero-order chi connectivity index (χ0) is 22.1. The Bertz CT molecular complexity index is 1000. The van der Waals surface area contributed by atoms with Gasteiger partial charge in [0.1, 0.15) is 11.5 Å². The average Bonchev–Trinajstić information content (AvgIpc) is 3.31. The van der Waals surface area contributed by atoms with E-state index in [9.17, 15) is 9.59 Å². The molecule has 0 saturated carbocycles. The summed E-state index contributed by atoms with van der Waals surface area (Å²) in [7, 11) is 0. The molecular weight excluding hydrogens is 412 g/mol. The van der Waals surface area contributed by atoms with Gasteiger partial charge in [0, 0.05) is 18.6 Å². The Labute approximate surface area is 186 Å². The largest absolute Gasteiger partial charge is 0.492 e. The summed E-state index contributed by atoms with van der Waals surface area (Å²) in [6.07, 6.45) is 0.986. The van der Waals surface area contributed by atoms with Crippen molar-refractivity contribution < 1.29 is 19.1 Å². The van der Waals surface area contributed by atoms with Gasteiger partial charge in [0.05, 0.1) is 29.5 Å². The second-order valence-electron chi connectivity index (χ2n) is 6.68. The third kappa shape index (κ3) is 6.33. The molecule has 0 radical (unpaired) electrons. The van der Waals surface area contributed by atoms with Gasteiger partial charge in [-0.3, -0.25) is 9.59 Å². The first-order valence-corrected chi connectivity index (χ1v) is 11.1. The lowest BCUT2D eigenvalue weighted by Gasteiger charge is -2.17. The minimum absolute atomic E-state index is 0.123. The molecule has 3 rings (SSSR count). The molecule has 2 N–H and O–H groups in total. The Hall–Kier alpha value is -3.32. The van der Waals surface area contributed by atoms with E-state index < -0.39 is 0 Å². The van der Waals surface area contributed by atoms with Crippen LogP contribution in [-0.4, -0.2) is 25.0 Å². The molecule has 0 fully saturated rings. The summed E-state index contributed by atoms with van der Waals surface area (Å²) in [6, 6.07) is 16.8. The van der Waals surface area contributed by atoms with Crippen LogP contribution in [0.4, 0.5) is 11.4 Å². The van der Waals surface area contributed by atoms with E-state index in [1.807, 2.05) is 55.6 Å². The van der Waals surface area contributed by atoms with Gasteiger partial charge < -0.3 is 20.1 Å². The van der Waals surface area contributed by atoms with Crippen LogP contribution >= 0.6 is 11.3 Å². The summed E-state index contributed by atoms with van der Waals surface area (Å²) >= 11 is 1.36. The molecule has 31 heavy (non-hydrogen) atoms. The third-order valence-electron chi connectivity index (χ3n) is 4.43. The number of ether oxygens (including phenoxy) is 2. The van der Waals surface area contributed by atoms with Gasteiger partial charge in [0.15, 0.2) is 0 Å². The number of hydrogen-bond acceptors (Lipinski definition) is 5. The fourth-order valence-electron chi connectivity index (χ4n) is 3.01. The van der Waals surface area contributed by atoms with E-state index >= 15 is 0 Å². The van der Waals surface area contributed by atoms with Crippen LogP contribution in [-0.2, 0) is 11.2 Å². The van der Waals surface area contributed by atoms with Gasteiger partial charge in [-0.2, -0.15) is 0 Å². The van der Waals surface area contributed by atoms with Crippen LogP contribution in [0.15, 0.2) is 60.0 Å². The molecule has 0 spiro atoms. The zero-order valence-corrected chi connectivity index (χ0v) is 18.5. The van der Waals surface area contributed by atoms with Crippen molar-refractivity contribution >= 4 is 34.5 Å². The van der Waals surface area contributed by atoms with E-state index in [4.69, 9.17) is 9.47 Å².